The molecule has 0 bridgehead atoms. The standard InChI is InChI=1S/C32H33ClN4O5S/c1-5-16-34-27(38)18-36-28(39)19-43-31(25-17-24(41-3)14-15-26(25)42-4)29-30(20-6-8-21(33)9-7-20)35-37(32(29)36)22-10-12-23(40-2)13-11-22/h6-15,17,31H,5,16,18-19H2,1-4H3,(H,34,38)/t31-/m0/s1. The Balaban J connectivity index is 1.82. The van der Waals surface area contributed by atoms with Gasteiger partial charge >= 0.3 is 0 Å². The summed E-state index contributed by atoms with van der Waals surface area (Å²) in [5, 5.41) is 8.21. The molecule has 1 N–H and O–H groups in total. The van der Waals surface area contributed by atoms with Gasteiger partial charge in [-0.05, 0) is 61.0 Å². The molecule has 0 unspecified atom stereocenters. The Morgan fingerprint density at radius 3 is 2.35 bits per heavy atom. The average molecular weight is 621 g/mol. The van der Waals surface area contributed by atoms with Crippen LogP contribution in [0.15, 0.2) is 66.7 Å². The summed E-state index contributed by atoms with van der Waals surface area (Å²) in [6.07, 6.45) is 0.781. The smallest absolute Gasteiger partial charge is 0.240 e. The second-order valence-corrected chi connectivity index (χ2v) is 11.4. The predicted octanol–water partition coefficient (Wildman–Crippen LogP) is 5.91. The molecule has 0 saturated heterocycles. The van der Waals surface area contributed by atoms with Gasteiger partial charge in [-0.15, -0.1) is 11.8 Å². The van der Waals surface area contributed by atoms with Crippen molar-refractivity contribution in [2.75, 3.05) is 45.1 Å². The van der Waals surface area contributed by atoms with Crippen molar-refractivity contribution in [3.63, 3.8) is 0 Å². The van der Waals surface area contributed by atoms with Gasteiger partial charge in [0.2, 0.25) is 11.8 Å². The quantitative estimate of drug-likeness (QED) is 0.235. The van der Waals surface area contributed by atoms with Crippen molar-refractivity contribution in [1.29, 1.82) is 0 Å². The molecule has 3 aromatic carbocycles. The predicted molar refractivity (Wildman–Crippen MR) is 170 cm³/mol. The molecule has 0 aliphatic carbocycles. The van der Waals surface area contributed by atoms with Gasteiger partial charge in [-0.2, -0.15) is 5.10 Å². The molecule has 0 spiro atoms. The van der Waals surface area contributed by atoms with E-state index in [2.05, 4.69) is 5.32 Å². The van der Waals surface area contributed by atoms with Crippen LogP contribution in [0.2, 0.25) is 5.02 Å². The van der Waals surface area contributed by atoms with Gasteiger partial charge in [0.1, 0.15) is 29.6 Å². The minimum absolute atomic E-state index is 0.128. The molecule has 1 atom stereocenters. The van der Waals surface area contributed by atoms with Crippen LogP contribution in [0.25, 0.3) is 16.9 Å². The first-order valence-corrected chi connectivity index (χ1v) is 15.2. The number of aromatic nitrogens is 2. The van der Waals surface area contributed by atoms with E-state index in [-0.39, 0.29) is 24.1 Å². The highest BCUT2D eigenvalue weighted by atomic mass is 35.5. The molecule has 9 nitrogen and oxygen atoms in total. The van der Waals surface area contributed by atoms with E-state index in [4.69, 9.17) is 30.9 Å². The first-order chi connectivity index (χ1) is 20.9. The number of nitrogens with one attached hydrogen (secondary N) is 1. The van der Waals surface area contributed by atoms with Crippen LogP contribution in [0.5, 0.6) is 17.2 Å². The first-order valence-electron chi connectivity index (χ1n) is 13.8. The van der Waals surface area contributed by atoms with E-state index in [1.165, 1.54) is 16.7 Å². The highest BCUT2D eigenvalue weighted by Crippen LogP contribution is 2.51. The van der Waals surface area contributed by atoms with Crippen molar-refractivity contribution < 1.29 is 23.8 Å². The lowest BCUT2D eigenvalue weighted by Gasteiger charge is -2.23. The van der Waals surface area contributed by atoms with Gasteiger partial charge in [0.25, 0.3) is 0 Å². The fourth-order valence-corrected chi connectivity index (χ4v) is 6.34. The van der Waals surface area contributed by atoms with E-state index < -0.39 is 5.25 Å². The van der Waals surface area contributed by atoms with Crippen molar-refractivity contribution in [2.24, 2.45) is 0 Å². The topological polar surface area (TPSA) is 94.9 Å². The number of thioether (sulfide) groups is 1. The summed E-state index contributed by atoms with van der Waals surface area (Å²) in [6, 6.07) is 20.4. The summed E-state index contributed by atoms with van der Waals surface area (Å²) in [5.74, 6) is 2.15. The van der Waals surface area contributed by atoms with Crippen LogP contribution in [0.3, 0.4) is 0 Å². The van der Waals surface area contributed by atoms with Crippen LogP contribution in [0, 0.1) is 0 Å². The van der Waals surface area contributed by atoms with E-state index in [9.17, 15) is 9.59 Å². The molecule has 0 fully saturated rings. The second-order valence-electron chi connectivity index (χ2n) is 9.83. The van der Waals surface area contributed by atoms with Gasteiger partial charge in [0, 0.05) is 28.3 Å². The zero-order valence-corrected chi connectivity index (χ0v) is 26.0. The molecule has 1 aliphatic rings. The third-order valence-corrected chi connectivity index (χ3v) is 8.61. The fourth-order valence-electron chi connectivity index (χ4n) is 5.00. The zero-order chi connectivity index (χ0) is 30.5. The van der Waals surface area contributed by atoms with Gasteiger partial charge in [-0.1, -0.05) is 30.7 Å². The van der Waals surface area contributed by atoms with E-state index in [0.717, 1.165) is 23.1 Å². The maximum Gasteiger partial charge on any atom is 0.240 e. The van der Waals surface area contributed by atoms with Gasteiger partial charge < -0.3 is 19.5 Å². The number of carbonyl (C=O) groups excluding carboxylic acids is 2. The molecule has 11 heteroatoms. The summed E-state index contributed by atoms with van der Waals surface area (Å²) < 4.78 is 18.5. The minimum atomic E-state index is -0.398. The number of amides is 2. The first kappa shape index (κ1) is 30.3. The molecule has 1 aliphatic heterocycles. The summed E-state index contributed by atoms with van der Waals surface area (Å²) in [7, 11) is 4.83. The van der Waals surface area contributed by atoms with E-state index in [0.29, 0.717) is 46.0 Å². The molecule has 5 rings (SSSR count). The Labute approximate surface area is 260 Å². The summed E-state index contributed by atoms with van der Waals surface area (Å²) in [4.78, 5) is 28.6. The van der Waals surface area contributed by atoms with Crippen LogP contribution in [-0.4, -0.2) is 61.8 Å². The maximum atomic E-state index is 13.9. The Morgan fingerprint density at radius 2 is 1.70 bits per heavy atom. The number of benzene rings is 3. The fraction of sp³-hybridized carbons (Fsp3) is 0.281. The number of ether oxygens (including phenoxy) is 3. The van der Waals surface area contributed by atoms with Crippen LogP contribution in [0.1, 0.15) is 29.7 Å². The van der Waals surface area contributed by atoms with Gasteiger partial charge in [-0.25, -0.2) is 4.68 Å². The zero-order valence-electron chi connectivity index (χ0n) is 24.4. The number of halogens is 1. The lowest BCUT2D eigenvalue weighted by Crippen LogP contribution is -2.42. The third-order valence-electron chi connectivity index (χ3n) is 7.12. The SMILES string of the molecule is CCCNC(=O)CN1C(=O)CS[C@@H](c2cc(OC)ccc2OC)c2c(-c3ccc(Cl)cc3)nn(-c3ccc(OC)cc3)c21. The van der Waals surface area contributed by atoms with Gasteiger partial charge in [-0.3, -0.25) is 14.5 Å². The van der Waals surface area contributed by atoms with Gasteiger partial charge in [0.15, 0.2) is 0 Å². The van der Waals surface area contributed by atoms with Gasteiger partial charge in [0.05, 0.1) is 43.7 Å². The maximum absolute atomic E-state index is 13.9. The number of nitrogens with zero attached hydrogens (tertiary/aromatic N) is 3. The number of hydrogen-bond acceptors (Lipinski definition) is 7. The third kappa shape index (κ3) is 6.30. The monoisotopic (exact) mass is 620 g/mol. The minimum Gasteiger partial charge on any atom is -0.497 e. The van der Waals surface area contributed by atoms with Crippen LogP contribution < -0.4 is 24.4 Å². The molecule has 0 radical (unpaired) electrons. The van der Waals surface area contributed by atoms with Crippen molar-refractivity contribution in [3.05, 3.63) is 82.9 Å². The summed E-state index contributed by atoms with van der Waals surface area (Å²) in [6.45, 7) is 2.34. The van der Waals surface area contributed by atoms with Crippen molar-refractivity contribution in [1.82, 2.24) is 15.1 Å². The number of anilines is 1. The normalized spacial score (nSPS) is 14.6. The van der Waals surface area contributed by atoms with Crippen molar-refractivity contribution in [3.8, 4) is 34.2 Å². The van der Waals surface area contributed by atoms with Crippen LogP contribution >= 0.6 is 23.4 Å². The van der Waals surface area contributed by atoms with Crippen LogP contribution in [-0.2, 0) is 9.59 Å². The second kappa shape index (κ2) is 13.4. The molecule has 0 saturated carbocycles. The Hall–Kier alpha value is -4.15. The number of carbonyl (C=O) groups is 2. The molecule has 2 amide bonds. The molecule has 43 heavy (non-hydrogen) atoms. The van der Waals surface area contributed by atoms with Crippen molar-refractivity contribution in [2.45, 2.75) is 18.6 Å². The molecule has 4 aromatic rings. The Morgan fingerprint density at radius 1 is 1.00 bits per heavy atom. The molecule has 2 heterocycles. The Kier molecular flexibility index (Phi) is 9.47. The molecule has 1 aromatic heterocycles. The van der Waals surface area contributed by atoms with Crippen LogP contribution in [0.4, 0.5) is 5.82 Å². The van der Waals surface area contributed by atoms with Crippen molar-refractivity contribution >= 4 is 41.0 Å². The number of rotatable bonds is 10. The molecular weight excluding hydrogens is 588 g/mol. The summed E-state index contributed by atoms with van der Waals surface area (Å²) >= 11 is 7.72. The van der Waals surface area contributed by atoms with E-state index >= 15 is 0 Å². The molecule has 224 valence electrons. The lowest BCUT2D eigenvalue weighted by molar-refractivity contribution is -0.122. The largest absolute Gasteiger partial charge is 0.497 e. The van der Waals surface area contributed by atoms with E-state index in [1.54, 1.807) is 26.0 Å². The molecular formula is C32H33ClN4O5S. The number of hydrogen-bond donors (Lipinski definition) is 1. The lowest BCUT2D eigenvalue weighted by atomic mass is 9.98. The highest BCUT2D eigenvalue weighted by Gasteiger charge is 2.38. The number of methoxy groups -OCH3 is 3. The average Bonchev–Trinajstić information content (AvgIpc) is 3.36. The number of fused-ring (bicyclic) bond motifs is 1. The highest BCUT2D eigenvalue weighted by molar-refractivity contribution is 8.00. The summed E-state index contributed by atoms with van der Waals surface area (Å²) in [5.41, 5.74) is 3.75. The van der Waals surface area contributed by atoms with E-state index in [1.807, 2.05) is 73.7 Å². The Bertz CT molecular complexity index is 1610.